The van der Waals surface area contributed by atoms with Crippen molar-refractivity contribution in [1.82, 2.24) is 0 Å². The van der Waals surface area contributed by atoms with Crippen LogP contribution < -0.4 is 0 Å². The molecule has 1 aliphatic carbocycles. The third-order valence-corrected chi connectivity index (χ3v) is 2.69. The molecule has 1 aliphatic rings. The first-order valence-corrected chi connectivity index (χ1v) is 4.93. The molecular weight excluding hydrogens is 119 g/mol. The van der Waals surface area contributed by atoms with Gasteiger partial charge in [-0.3, -0.25) is 0 Å². The molecule has 0 aliphatic heterocycles. The van der Waals surface area contributed by atoms with E-state index in [0.717, 1.165) is 5.92 Å². The Morgan fingerprint density at radius 3 is 2.40 bits per heavy atom. The molecule has 58 valence electrons. The van der Waals surface area contributed by atoms with Crippen molar-refractivity contribution in [3.8, 4) is 0 Å². The highest BCUT2D eigenvalue weighted by Gasteiger charge is 2.11. The molecule has 1 heteroatoms. The van der Waals surface area contributed by atoms with E-state index in [1.54, 1.807) is 0 Å². The Bertz CT molecular complexity index is 74.8. The molecule has 0 spiro atoms. The molecule has 1 fully saturated rings. The monoisotopic (exact) mass is 138 g/mol. The van der Waals surface area contributed by atoms with Crippen molar-refractivity contribution in [3.63, 3.8) is 0 Å². The minimum absolute atomic E-state index is 1.11. The molecule has 0 bridgehead atoms. The lowest BCUT2D eigenvalue weighted by molar-refractivity contribution is 0.336. The Hall–Kier alpha value is 0.0649. The first kappa shape index (κ1) is 8.16. The van der Waals surface area contributed by atoms with Crippen LogP contribution >= 0.6 is 0 Å². The molecule has 0 nitrogen and oxygen atoms in total. The molecule has 0 N–H and O–H groups in total. The topological polar surface area (TPSA) is 0 Å². The zero-order valence-corrected chi connectivity index (χ0v) is 7.23. The van der Waals surface area contributed by atoms with Crippen molar-refractivity contribution < 1.29 is 0 Å². The van der Waals surface area contributed by atoms with E-state index in [1.165, 1.54) is 51.3 Å². The molecule has 0 saturated heterocycles. The Balaban J connectivity index is 2.02. The van der Waals surface area contributed by atoms with Gasteiger partial charge < -0.3 is 0 Å². The lowest BCUT2D eigenvalue weighted by Crippen LogP contribution is -2.05. The number of rotatable bonds is 3. The van der Waals surface area contributed by atoms with Gasteiger partial charge in [0.2, 0.25) is 0 Å². The summed E-state index contributed by atoms with van der Waals surface area (Å²) in [5.41, 5.74) is 0. The fourth-order valence-electron chi connectivity index (χ4n) is 1.97. The van der Waals surface area contributed by atoms with Gasteiger partial charge in [-0.2, -0.15) is 0 Å². The Kier molecular flexibility index (Phi) is 3.93. The minimum atomic E-state index is 1.11. The van der Waals surface area contributed by atoms with Gasteiger partial charge in [0.15, 0.2) is 0 Å². The van der Waals surface area contributed by atoms with Crippen molar-refractivity contribution in [2.75, 3.05) is 0 Å². The summed E-state index contributed by atoms with van der Waals surface area (Å²) in [6.45, 7) is 0. The maximum Gasteiger partial charge on any atom is 0.101 e. The van der Waals surface area contributed by atoms with Crippen LogP contribution in [0.2, 0.25) is 6.32 Å². The normalized spacial score (nSPS) is 21.2. The molecule has 0 atom stereocenters. The van der Waals surface area contributed by atoms with Crippen molar-refractivity contribution in [3.05, 3.63) is 0 Å². The van der Waals surface area contributed by atoms with E-state index < -0.39 is 0 Å². The zero-order valence-electron chi connectivity index (χ0n) is 7.23. The van der Waals surface area contributed by atoms with Gasteiger partial charge in [-0.25, -0.2) is 0 Å². The van der Waals surface area contributed by atoms with Crippen molar-refractivity contribution >= 4 is 7.85 Å². The van der Waals surface area contributed by atoms with E-state index in [0.29, 0.717) is 0 Å². The molecule has 0 amide bonds. The van der Waals surface area contributed by atoms with Crippen LogP contribution in [0.25, 0.3) is 0 Å². The van der Waals surface area contributed by atoms with Gasteiger partial charge in [0.25, 0.3) is 0 Å². The fraction of sp³-hybridized carbons (Fsp3) is 1.00. The molecule has 10 heavy (non-hydrogen) atoms. The molecule has 0 heterocycles. The SMILES string of the molecule is BCCCC1CCCCC1. The van der Waals surface area contributed by atoms with Crippen LogP contribution in [0.3, 0.4) is 0 Å². The van der Waals surface area contributed by atoms with Gasteiger partial charge >= 0.3 is 0 Å². The quantitative estimate of drug-likeness (QED) is 0.525. The lowest BCUT2D eigenvalue weighted by atomic mass is 9.84. The summed E-state index contributed by atoms with van der Waals surface area (Å²) in [6, 6.07) is 0. The van der Waals surface area contributed by atoms with E-state index >= 15 is 0 Å². The van der Waals surface area contributed by atoms with Crippen LogP contribution in [0, 0.1) is 5.92 Å². The van der Waals surface area contributed by atoms with Crippen LogP contribution in [-0.2, 0) is 0 Å². The van der Waals surface area contributed by atoms with Crippen LogP contribution in [-0.4, -0.2) is 7.85 Å². The number of hydrogen-bond donors (Lipinski definition) is 0. The molecule has 1 saturated carbocycles. The van der Waals surface area contributed by atoms with E-state index in [-0.39, 0.29) is 0 Å². The summed E-state index contributed by atoms with van der Waals surface area (Å²) >= 11 is 0. The van der Waals surface area contributed by atoms with Gasteiger partial charge in [-0.15, -0.1) is 0 Å². The fourth-order valence-corrected chi connectivity index (χ4v) is 1.97. The maximum atomic E-state index is 2.29. The predicted octanol–water partition coefficient (Wildman–Crippen LogP) is 2.40. The highest BCUT2D eigenvalue weighted by Crippen LogP contribution is 2.27. The Morgan fingerprint density at radius 1 is 1.10 bits per heavy atom. The molecule has 0 aromatic heterocycles. The van der Waals surface area contributed by atoms with Crippen LogP contribution in [0.15, 0.2) is 0 Å². The molecule has 1 rings (SSSR count). The van der Waals surface area contributed by atoms with Crippen LogP contribution in [0.5, 0.6) is 0 Å². The molecule has 0 radical (unpaired) electrons. The van der Waals surface area contributed by atoms with E-state index in [4.69, 9.17) is 0 Å². The van der Waals surface area contributed by atoms with Crippen LogP contribution in [0.1, 0.15) is 44.9 Å². The smallest absolute Gasteiger partial charge is 0.0810 e. The average molecular weight is 138 g/mol. The maximum absolute atomic E-state index is 2.29. The summed E-state index contributed by atoms with van der Waals surface area (Å²) in [5.74, 6) is 1.11. The third-order valence-electron chi connectivity index (χ3n) is 2.69. The Labute approximate surface area is 65.8 Å². The summed E-state index contributed by atoms with van der Waals surface area (Å²) in [5, 5.41) is 0. The molecule has 0 unspecified atom stereocenters. The Morgan fingerprint density at radius 2 is 1.80 bits per heavy atom. The lowest BCUT2D eigenvalue weighted by Gasteiger charge is -2.20. The highest BCUT2D eigenvalue weighted by atomic mass is 14.2. The largest absolute Gasteiger partial charge is 0.101 e. The van der Waals surface area contributed by atoms with Gasteiger partial charge in [-0.1, -0.05) is 51.3 Å². The summed E-state index contributed by atoms with van der Waals surface area (Å²) < 4.78 is 0. The van der Waals surface area contributed by atoms with Gasteiger partial charge in [0.1, 0.15) is 7.85 Å². The summed E-state index contributed by atoms with van der Waals surface area (Å²) in [4.78, 5) is 0. The van der Waals surface area contributed by atoms with Gasteiger partial charge in [-0.05, 0) is 5.92 Å². The molecule has 0 aromatic carbocycles. The van der Waals surface area contributed by atoms with Crippen molar-refractivity contribution in [2.45, 2.75) is 51.3 Å². The first-order valence-electron chi connectivity index (χ1n) is 4.93. The second kappa shape index (κ2) is 4.82. The highest BCUT2D eigenvalue weighted by molar-refractivity contribution is 6.08. The summed E-state index contributed by atoms with van der Waals surface area (Å²) in [7, 11) is 2.29. The standard InChI is InChI=1S/C9H19B/c10-8-4-7-9-5-2-1-3-6-9/h9H,1-8,10H2. The summed E-state index contributed by atoms with van der Waals surface area (Å²) in [6.07, 6.45) is 11.9. The zero-order chi connectivity index (χ0) is 7.23. The average Bonchev–Trinajstić information content (AvgIpc) is 2.03. The van der Waals surface area contributed by atoms with Crippen molar-refractivity contribution in [1.29, 1.82) is 0 Å². The predicted molar refractivity (Wildman–Crippen MR) is 49.2 cm³/mol. The first-order chi connectivity index (χ1) is 4.93. The second-order valence-electron chi connectivity index (χ2n) is 3.65. The third kappa shape index (κ3) is 2.77. The van der Waals surface area contributed by atoms with E-state index in [2.05, 4.69) is 7.85 Å². The van der Waals surface area contributed by atoms with E-state index in [9.17, 15) is 0 Å². The second-order valence-corrected chi connectivity index (χ2v) is 3.65. The minimum Gasteiger partial charge on any atom is -0.0810 e. The van der Waals surface area contributed by atoms with Crippen molar-refractivity contribution in [2.24, 2.45) is 5.92 Å². The van der Waals surface area contributed by atoms with E-state index in [1.807, 2.05) is 0 Å². The molecular formula is C9H19B. The van der Waals surface area contributed by atoms with Gasteiger partial charge in [0, 0.05) is 0 Å². The van der Waals surface area contributed by atoms with Crippen LogP contribution in [0.4, 0.5) is 0 Å². The number of hydrogen-bond acceptors (Lipinski definition) is 0. The molecule has 0 aromatic rings. The van der Waals surface area contributed by atoms with Gasteiger partial charge in [0.05, 0.1) is 0 Å².